The minimum Gasteiger partial charge on any atom is -0.373 e. The summed E-state index contributed by atoms with van der Waals surface area (Å²) >= 11 is 0. The number of nitrogens with zero attached hydrogens (tertiary/aromatic N) is 2. The van der Waals surface area contributed by atoms with Crippen molar-refractivity contribution in [3.63, 3.8) is 0 Å². The number of hydrogen-bond acceptors (Lipinski definition) is 2. The topological polar surface area (TPSA) is 25.8 Å². The zero-order chi connectivity index (χ0) is 16.6. The second-order valence-electron chi connectivity index (χ2n) is 6.28. The molecule has 25 heavy (non-hydrogen) atoms. The Bertz CT molecular complexity index is 723. The van der Waals surface area contributed by atoms with Crippen molar-refractivity contribution in [2.75, 3.05) is 0 Å². The summed E-state index contributed by atoms with van der Waals surface area (Å²) < 4.78 is 0. The van der Waals surface area contributed by atoms with Crippen LogP contribution in [-0.4, -0.2) is 9.97 Å². The van der Waals surface area contributed by atoms with E-state index in [1.807, 2.05) is 37.3 Å². The Morgan fingerprint density at radius 1 is 1.04 bits per heavy atom. The van der Waals surface area contributed by atoms with E-state index in [0.717, 1.165) is 23.7 Å². The van der Waals surface area contributed by atoms with Crippen LogP contribution in [0, 0.1) is 25.1 Å². The summed E-state index contributed by atoms with van der Waals surface area (Å²) in [6.07, 6.45) is 9.60. The van der Waals surface area contributed by atoms with Gasteiger partial charge in [-0.1, -0.05) is 55.2 Å². The summed E-state index contributed by atoms with van der Waals surface area (Å²) in [7, 11) is 0. The normalized spacial score (nSPS) is 12.5. The Morgan fingerprint density at radius 2 is 1.80 bits per heavy atom. The van der Waals surface area contributed by atoms with Gasteiger partial charge in [-0.15, -0.1) is 5.56 Å². The van der Waals surface area contributed by atoms with Gasteiger partial charge in [-0.3, -0.25) is 0 Å². The van der Waals surface area contributed by atoms with Crippen molar-refractivity contribution >= 4 is 0 Å². The average molecular weight is 403 g/mol. The first kappa shape index (κ1) is 19.9. The summed E-state index contributed by atoms with van der Waals surface area (Å²) in [6, 6.07) is 21.7. The van der Waals surface area contributed by atoms with E-state index < -0.39 is 0 Å². The van der Waals surface area contributed by atoms with E-state index in [2.05, 4.69) is 46.5 Å². The summed E-state index contributed by atoms with van der Waals surface area (Å²) in [4.78, 5) is 8.37. The molecule has 1 heterocycles. The van der Waals surface area contributed by atoms with Gasteiger partial charge in [0.25, 0.3) is 0 Å². The van der Waals surface area contributed by atoms with E-state index in [9.17, 15) is 0 Å². The first-order valence-corrected chi connectivity index (χ1v) is 8.49. The Balaban J connectivity index is 0.000000182. The van der Waals surface area contributed by atoms with Gasteiger partial charge in [-0.2, -0.15) is 35.9 Å². The molecule has 1 aromatic heterocycles. The predicted molar refractivity (Wildman–Crippen MR) is 96.6 cm³/mol. The van der Waals surface area contributed by atoms with Gasteiger partial charge in [0.05, 0.1) is 0 Å². The Morgan fingerprint density at radius 3 is 2.40 bits per heavy atom. The Hall–Kier alpha value is -1.38. The predicted octanol–water partition coefficient (Wildman–Crippen LogP) is 4.61. The third-order valence-electron chi connectivity index (χ3n) is 3.95. The summed E-state index contributed by atoms with van der Waals surface area (Å²) in [6.45, 7) is 1.94. The number of hydrogen-bond donors (Lipinski definition) is 0. The van der Waals surface area contributed by atoms with Crippen LogP contribution < -0.4 is 0 Å². The molecule has 2 aromatic carbocycles. The van der Waals surface area contributed by atoms with Gasteiger partial charge in [0.15, 0.2) is 0 Å². The third kappa shape index (κ3) is 7.58. The SMILES string of the molecule is Cc1[c-]nc(Cc2ccccc2)nc1.[Y].[c-]1ccccc1CC1CC1. The number of aromatic nitrogens is 2. The molecule has 3 heteroatoms. The van der Waals surface area contributed by atoms with Gasteiger partial charge in [0, 0.05) is 38.5 Å². The van der Waals surface area contributed by atoms with Crippen molar-refractivity contribution in [1.29, 1.82) is 0 Å². The monoisotopic (exact) mass is 403 g/mol. The molecule has 4 rings (SSSR count). The quantitative estimate of drug-likeness (QED) is 0.595. The molecule has 2 nitrogen and oxygen atoms in total. The minimum atomic E-state index is 0. The number of aryl methyl sites for hydroxylation is 1. The molecule has 0 atom stereocenters. The van der Waals surface area contributed by atoms with Crippen LogP contribution in [-0.2, 0) is 45.6 Å². The first-order chi connectivity index (χ1) is 11.8. The third-order valence-corrected chi connectivity index (χ3v) is 3.95. The molecule has 0 saturated heterocycles. The molecule has 1 aliphatic carbocycles. The van der Waals surface area contributed by atoms with Gasteiger partial charge in [-0.25, -0.2) is 0 Å². The fourth-order valence-electron chi connectivity index (χ4n) is 2.44. The summed E-state index contributed by atoms with van der Waals surface area (Å²) in [5.74, 6) is 1.81. The van der Waals surface area contributed by atoms with E-state index in [1.165, 1.54) is 30.4 Å². The fraction of sp³-hybridized carbons (Fsp3) is 0.273. The molecular weight excluding hydrogens is 381 g/mol. The minimum absolute atomic E-state index is 0. The van der Waals surface area contributed by atoms with Gasteiger partial charge < -0.3 is 9.97 Å². The van der Waals surface area contributed by atoms with Gasteiger partial charge in [0.1, 0.15) is 0 Å². The maximum absolute atomic E-state index is 4.23. The average Bonchev–Trinajstić information content (AvgIpc) is 3.43. The van der Waals surface area contributed by atoms with Crippen molar-refractivity contribution in [1.82, 2.24) is 9.97 Å². The van der Waals surface area contributed by atoms with E-state index in [0.29, 0.717) is 0 Å². The maximum Gasteiger partial charge on any atom is 0.0180 e. The zero-order valence-corrected chi connectivity index (χ0v) is 17.5. The zero-order valence-electron chi connectivity index (χ0n) is 14.7. The smallest absolute Gasteiger partial charge is 0.0180 e. The fourth-order valence-corrected chi connectivity index (χ4v) is 2.44. The molecule has 0 unspecified atom stereocenters. The molecule has 0 bridgehead atoms. The van der Waals surface area contributed by atoms with E-state index in [4.69, 9.17) is 0 Å². The second kappa shape index (κ2) is 10.6. The van der Waals surface area contributed by atoms with Gasteiger partial charge >= 0.3 is 0 Å². The Kier molecular flexibility index (Phi) is 8.44. The van der Waals surface area contributed by atoms with Gasteiger partial charge in [0.2, 0.25) is 0 Å². The number of benzene rings is 2. The van der Waals surface area contributed by atoms with Crippen LogP contribution in [0.3, 0.4) is 0 Å². The van der Waals surface area contributed by atoms with E-state index >= 15 is 0 Å². The van der Waals surface area contributed by atoms with Gasteiger partial charge in [-0.05, 0) is 31.6 Å². The molecule has 125 valence electrons. The van der Waals surface area contributed by atoms with E-state index in [-0.39, 0.29) is 32.7 Å². The van der Waals surface area contributed by atoms with Crippen LogP contribution in [0.5, 0.6) is 0 Å². The van der Waals surface area contributed by atoms with Crippen molar-refractivity contribution in [3.8, 4) is 0 Å². The van der Waals surface area contributed by atoms with Crippen molar-refractivity contribution in [2.45, 2.75) is 32.6 Å². The standard InChI is InChI=1S/C12H11N2.C10H11.Y/c1-10-8-13-12(14-9-10)7-11-5-3-2-4-6-11;1-2-4-9(5-3-1)8-10-6-7-10;/h2-6,8H,7H2,1H3;1-4,10H,6-8H2;/q2*-1;. The van der Waals surface area contributed by atoms with Crippen LogP contribution in [0.25, 0.3) is 0 Å². The first-order valence-electron chi connectivity index (χ1n) is 8.49. The largest absolute Gasteiger partial charge is 0.373 e. The molecule has 1 radical (unpaired) electrons. The molecule has 1 aliphatic rings. The molecule has 0 N–H and O–H groups in total. The maximum atomic E-state index is 4.23. The Labute approximate surface area is 176 Å². The summed E-state index contributed by atoms with van der Waals surface area (Å²) in [5.41, 5.74) is 3.58. The van der Waals surface area contributed by atoms with Crippen LogP contribution >= 0.6 is 0 Å². The van der Waals surface area contributed by atoms with Crippen LogP contribution in [0.1, 0.15) is 35.4 Å². The second-order valence-corrected chi connectivity index (χ2v) is 6.28. The summed E-state index contributed by atoms with van der Waals surface area (Å²) in [5, 5.41) is 0. The van der Waals surface area contributed by atoms with E-state index in [1.54, 1.807) is 6.20 Å². The molecule has 3 aromatic rings. The molecule has 0 amide bonds. The molecular formula is C22H22N2Y-2. The van der Waals surface area contributed by atoms with Crippen LogP contribution in [0.4, 0.5) is 0 Å². The number of rotatable bonds is 4. The van der Waals surface area contributed by atoms with Crippen molar-refractivity contribution < 1.29 is 32.7 Å². The molecule has 0 aliphatic heterocycles. The van der Waals surface area contributed by atoms with Crippen molar-refractivity contribution in [2.24, 2.45) is 5.92 Å². The molecule has 1 saturated carbocycles. The van der Waals surface area contributed by atoms with Crippen molar-refractivity contribution in [3.05, 3.63) is 95.6 Å². The van der Waals surface area contributed by atoms with Crippen LogP contribution in [0.15, 0.2) is 60.8 Å². The molecule has 1 fully saturated rings. The van der Waals surface area contributed by atoms with Crippen LogP contribution in [0.2, 0.25) is 0 Å². The molecule has 0 spiro atoms.